The number of amides is 1. The molecular weight excluding hydrogens is 218 g/mol. The first-order chi connectivity index (χ1) is 6.76. The van der Waals surface area contributed by atoms with Gasteiger partial charge in [0, 0.05) is 11.6 Å². The predicted octanol–water partition coefficient (Wildman–Crippen LogP) is 2.73. The monoisotopic (exact) mass is 229 g/mol. The van der Waals surface area contributed by atoms with Gasteiger partial charge < -0.3 is 5.32 Å². The number of rotatable bonds is 4. The number of benzene rings is 1. The molecule has 76 valence electrons. The predicted molar refractivity (Wildman–Crippen MR) is 63.0 cm³/mol. The van der Waals surface area contributed by atoms with Gasteiger partial charge in [0.25, 0.3) is 0 Å². The second kappa shape index (κ2) is 5.94. The van der Waals surface area contributed by atoms with E-state index in [1.165, 1.54) is 11.8 Å². The minimum atomic E-state index is 0.0178. The van der Waals surface area contributed by atoms with Crippen LogP contribution in [-0.4, -0.2) is 17.9 Å². The summed E-state index contributed by atoms with van der Waals surface area (Å²) in [6.45, 7) is 0. The Morgan fingerprint density at radius 2 is 2.36 bits per heavy atom. The molecule has 1 aromatic rings. The SMILES string of the molecule is CSCC(=O)Nc1cccc(CCl)c1. The van der Waals surface area contributed by atoms with E-state index in [1.807, 2.05) is 30.5 Å². The van der Waals surface area contributed by atoms with E-state index in [4.69, 9.17) is 11.6 Å². The zero-order chi connectivity index (χ0) is 10.4. The van der Waals surface area contributed by atoms with Crippen molar-refractivity contribution in [2.24, 2.45) is 0 Å². The average Bonchev–Trinajstić information content (AvgIpc) is 2.18. The highest BCUT2D eigenvalue weighted by molar-refractivity contribution is 7.99. The number of hydrogen-bond donors (Lipinski definition) is 1. The molecule has 4 heteroatoms. The van der Waals surface area contributed by atoms with Crippen molar-refractivity contribution in [2.45, 2.75) is 5.88 Å². The maximum absolute atomic E-state index is 11.2. The maximum atomic E-state index is 11.2. The fourth-order valence-electron chi connectivity index (χ4n) is 1.06. The molecule has 0 aliphatic rings. The zero-order valence-electron chi connectivity index (χ0n) is 7.92. The lowest BCUT2D eigenvalue weighted by Crippen LogP contribution is -2.13. The summed E-state index contributed by atoms with van der Waals surface area (Å²) in [6.07, 6.45) is 1.90. The Bertz CT molecular complexity index is 317. The Labute approximate surface area is 93.0 Å². The van der Waals surface area contributed by atoms with Crippen LogP contribution in [0.2, 0.25) is 0 Å². The van der Waals surface area contributed by atoms with Gasteiger partial charge in [-0.05, 0) is 24.0 Å². The molecule has 1 rings (SSSR count). The number of alkyl halides is 1. The second-order valence-corrected chi connectivity index (χ2v) is 3.95. The highest BCUT2D eigenvalue weighted by atomic mass is 35.5. The van der Waals surface area contributed by atoms with E-state index in [1.54, 1.807) is 0 Å². The molecule has 0 aliphatic carbocycles. The third-order valence-corrected chi connectivity index (χ3v) is 2.50. The topological polar surface area (TPSA) is 29.1 Å². The Morgan fingerprint density at radius 1 is 1.57 bits per heavy atom. The number of carbonyl (C=O) groups is 1. The first-order valence-electron chi connectivity index (χ1n) is 4.20. The number of hydrogen-bond acceptors (Lipinski definition) is 2. The molecule has 0 atom stereocenters. The van der Waals surface area contributed by atoms with Crippen molar-refractivity contribution in [3.05, 3.63) is 29.8 Å². The molecule has 0 fully saturated rings. The summed E-state index contributed by atoms with van der Waals surface area (Å²) in [6, 6.07) is 7.54. The summed E-state index contributed by atoms with van der Waals surface area (Å²) < 4.78 is 0. The lowest BCUT2D eigenvalue weighted by molar-refractivity contribution is -0.113. The number of carbonyl (C=O) groups excluding carboxylic acids is 1. The minimum absolute atomic E-state index is 0.0178. The van der Waals surface area contributed by atoms with Crippen molar-refractivity contribution in [1.82, 2.24) is 0 Å². The highest BCUT2D eigenvalue weighted by Crippen LogP contribution is 2.12. The summed E-state index contributed by atoms with van der Waals surface area (Å²) in [5.41, 5.74) is 1.82. The van der Waals surface area contributed by atoms with E-state index in [0.717, 1.165) is 11.3 Å². The van der Waals surface area contributed by atoms with E-state index >= 15 is 0 Å². The van der Waals surface area contributed by atoms with Crippen LogP contribution >= 0.6 is 23.4 Å². The van der Waals surface area contributed by atoms with Crippen LogP contribution < -0.4 is 5.32 Å². The summed E-state index contributed by atoms with van der Waals surface area (Å²) in [5.74, 6) is 0.960. The largest absolute Gasteiger partial charge is 0.325 e. The van der Waals surface area contributed by atoms with Crippen LogP contribution in [0.25, 0.3) is 0 Å². The van der Waals surface area contributed by atoms with Crippen molar-refractivity contribution in [2.75, 3.05) is 17.3 Å². The first-order valence-corrected chi connectivity index (χ1v) is 6.13. The Morgan fingerprint density at radius 3 is 3.00 bits per heavy atom. The standard InChI is InChI=1S/C10H12ClNOS/c1-14-7-10(13)12-9-4-2-3-8(5-9)6-11/h2-5H,6-7H2,1H3,(H,12,13). The van der Waals surface area contributed by atoms with Crippen LogP contribution in [0.3, 0.4) is 0 Å². The molecule has 0 radical (unpaired) electrons. The van der Waals surface area contributed by atoms with Crippen molar-refractivity contribution in [3.63, 3.8) is 0 Å². The summed E-state index contributed by atoms with van der Waals surface area (Å²) in [4.78, 5) is 11.2. The van der Waals surface area contributed by atoms with Crippen molar-refractivity contribution >= 4 is 35.0 Å². The molecule has 1 N–H and O–H groups in total. The molecule has 0 bridgehead atoms. The smallest absolute Gasteiger partial charge is 0.234 e. The molecule has 14 heavy (non-hydrogen) atoms. The van der Waals surface area contributed by atoms with Crippen molar-refractivity contribution in [3.8, 4) is 0 Å². The summed E-state index contributed by atoms with van der Waals surface area (Å²) in [7, 11) is 0. The molecule has 1 amide bonds. The van der Waals surface area contributed by atoms with Gasteiger partial charge in [-0.1, -0.05) is 12.1 Å². The second-order valence-electron chi connectivity index (χ2n) is 2.82. The molecule has 1 aromatic carbocycles. The first kappa shape index (κ1) is 11.4. The third-order valence-electron chi connectivity index (χ3n) is 1.64. The van der Waals surface area contributed by atoms with Crippen LogP contribution in [0.15, 0.2) is 24.3 Å². The summed E-state index contributed by atoms with van der Waals surface area (Å²) >= 11 is 7.18. The fraction of sp³-hybridized carbons (Fsp3) is 0.300. The molecule has 0 aliphatic heterocycles. The van der Waals surface area contributed by atoms with Crippen molar-refractivity contribution < 1.29 is 4.79 Å². The number of nitrogens with one attached hydrogen (secondary N) is 1. The number of anilines is 1. The van der Waals surface area contributed by atoms with E-state index in [-0.39, 0.29) is 5.91 Å². The number of halogens is 1. The van der Waals surface area contributed by atoms with Gasteiger partial charge in [-0.25, -0.2) is 0 Å². The van der Waals surface area contributed by atoms with Crippen molar-refractivity contribution in [1.29, 1.82) is 0 Å². The average molecular weight is 230 g/mol. The Kier molecular flexibility index (Phi) is 4.84. The molecule has 0 saturated carbocycles. The van der Waals surface area contributed by atoms with Crippen LogP contribution in [0.4, 0.5) is 5.69 Å². The normalized spacial score (nSPS) is 9.86. The number of thioether (sulfide) groups is 1. The van der Waals surface area contributed by atoms with E-state index < -0.39 is 0 Å². The van der Waals surface area contributed by atoms with E-state index in [0.29, 0.717) is 11.6 Å². The van der Waals surface area contributed by atoms with Crippen LogP contribution in [0, 0.1) is 0 Å². The lowest BCUT2D eigenvalue weighted by atomic mass is 10.2. The van der Waals surface area contributed by atoms with Crippen LogP contribution in [0.1, 0.15) is 5.56 Å². The highest BCUT2D eigenvalue weighted by Gasteiger charge is 2.00. The van der Waals surface area contributed by atoms with E-state index in [9.17, 15) is 4.79 Å². The van der Waals surface area contributed by atoms with Crippen LogP contribution in [-0.2, 0) is 10.7 Å². The zero-order valence-corrected chi connectivity index (χ0v) is 9.49. The Hall–Kier alpha value is -0.670. The quantitative estimate of drug-likeness (QED) is 0.805. The fourth-order valence-corrected chi connectivity index (χ4v) is 1.56. The molecule has 0 unspecified atom stereocenters. The molecule has 0 saturated heterocycles. The van der Waals surface area contributed by atoms with Gasteiger partial charge in [0.1, 0.15) is 0 Å². The molecule has 0 aromatic heterocycles. The van der Waals surface area contributed by atoms with Gasteiger partial charge in [-0.2, -0.15) is 11.8 Å². The van der Waals surface area contributed by atoms with Gasteiger partial charge in [-0.3, -0.25) is 4.79 Å². The van der Waals surface area contributed by atoms with E-state index in [2.05, 4.69) is 5.32 Å². The summed E-state index contributed by atoms with van der Waals surface area (Å²) in [5, 5.41) is 2.80. The molecule has 0 spiro atoms. The maximum Gasteiger partial charge on any atom is 0.234 e. The molecule has 0 heterocycles. The third kappa shape index (κ3) is 3.60. The molecular formula is C10H12ClNOS. The Balaban J connectivity index is 2.62. The molecule has 2 nitrogen and oxygen atoms in total. The van der Waals surface area contributed by atoms with Gasteiger partial charge in [-0.15, -0.1) is 11.6 Å². The van der Waals surface area contributed by atoms with Gasteiger partial charge in [0.05, 0.1) is 5.75 Å². The van der Waals surface area contributed by atoms with Gasteiger partial charge in [0.2, 0.25) is 5.91 Å². The van der Waals surface area contributed by atoms with Gasteiger partial charge >= 0.3 is 0 Å². The van der Waals surface area contributed by atoms with Gasteiger partial charge in [0.15, 0.2) is 0 Å². The lowest BCUT2D eigenvalue weighted by Gasteiger charge is -2.04. The minimum Gasteiger partial charge on any atom is -0.325 e. The van der Waals surface area contributed by atoms with Crippen LogP contribution in [0.5, 0.6) is 0 Å².